The molecule has 1 aliphatic heterocycles. The first-order valence-corrected chi connectivity index (χ1v) is 8.25. The molecule has 1 aliphatic rings. The number of nitrogens with zero attached hydrogens (tertiary/aromatic N) is 1. The van der Waals surface area contributed by atoms with Gasteiger partial charge in [0.2, 0.25) is 10.0 Å². The summed E-state index contributed by atoms with van der Waals surface area (Å²) >= 11 is 0. The van der Waals surface area contributed by atoms with E-state index in [1.807, 2.05) is 26.1 Å². The average Bonchev–Trinajstić information content (AvgIpc) is 2.88. The van der Waals surface area contributed by atoms with E-state index in [0.29, 0.717) is 23.9 Å². The van der Waals surface area contributed by atoms with Gasteiger partial charge in [-0.3, -0.25) is 0 Å². The lowest BCUT2D eigenvalue weighted by Gasteiger charge is -2.17. The van der Waals surface area contributed by atoms with Crippen molar-refractivity contribution in [1.29, 1.82) is 0 Å². The van der Waals surface area contributed by atoms with E-state index in [4.69, 9.17) is 0 Å². The normalized spacial score (nSPS) is 19.8. The monoisotopic (exact) mass is 318 g/mol. The highest BCUT2D eigenvalue weighted by atomic mass is 35.5. The number of halogens is 1. The van der Waals surface area contributed by atoms with E-state index in [1.54, 1.807) is 16.4 Å². The fourth-order valence-corrected chi connectivity index (χ4v) is 4.15. The van der Waals surface area contributed by atoms with E-state index in [9.17, 15) is 8.42 Å². The van der Waals surface area contributed by atoms with Gasteiger partial charge in [-0.15, -0.1) is 12.4 Å². The summed E-state index contributed by atoms with van der Waals surface area (Å²) < 4.78 is 26.7. The fourth-order valence-electron chi connectivity index (χ4n) is 2.55. The molecule has 1 aromatic rings. The van der Waals surface area contributed by atoms with Gasteiger partial charge < -0.3 is 5.32 Å². The molecule has 6 heteroatoms. The molecule has 0 aliphatic carbocycles. The Bertz CT molecular complexity index is 534. The molecule has 0 spiro atoms. The summed E-state index contributed by atoms with van der Waals surface area (Å²) in [6.45, 7) is 4.16. The van der Waals surface area contributed by atoms with E-state index in [0.717, 1.165) is 24.9 Å². The molecule has 1 heterocycles. The lowest BCUT2D eigenvalue weighted by molar-refractivity contribution is 0.451. The van der Waals surface area contributed by atoms with Crippen LogP contribution >= 0.6 is 12.4 Å². The van der Waals surface area contributed by atoms with Crippen LogP contribution in [0.5, 0.6) is 0 Å². The molecule has 0 amide bonds. The number of nitrogens with one attached hydrogen (secondary N) is 1. The van der Waals surface area contributed by atoms with Crippen LogP contribution in [0.1, 0.15) is 18.9 Å². The van der Waals surface area contributed by atoms with Crippen LogP contribution in [0.4, 0.5) is 0 Å². The average molecular weight is 319 g/mol. The van der Waals surface area contributed by atoms with E-state index in [-0.39, 0.29) is 12.4 Å². The third-order valence-corrected chi connectivity index (χ3v) is 5.55. The van der Waals surface area contributed by atoms with Crippen LogP contribution in [0.3, 0.4) is 0 Å². The summed E-state index contributed by atoms with van der Waals surface area (Å²) in [5.41, 5.74) is 1.06. The molecule has 1 atom stereocenters. The van der Waals surface area contributed by atoms with Crippen molar-refractivity contribution in [2.75, 3.05) is 26.7 Å². The summed E-state index contributed by atoms with van der Waals surface area (Å²) in [5.74, 6) is 0.425. The largest absolute Gasteiger partial charge is 0.319 e. The van der Waals surface area contributed by atoms with Crippen LogP contribution in [0.25, 0.3) is 0 Å². The zero-order valence-corrected chi connectivity index (χ0v) is 13.6. The van der Waals surface area contributed by atoms with Gasteiger partial charge in [-0.1, -0.05) is 19.1 Å². The minimum Gasteiger partial charge on any atom is -0.319 e. The molecular formula is C14H23ClN2O2S. The Balaban J connectivity index is 0.00000200. The highest BCUT2D eigenvalue weighted by molar-refractivity contribution is 7.89. The van der Waals surface area contributed by atoms with Crippen molar-refractivity contribution in [3.05, 3.63) is 29.8 Å². The highest BCUT2D eigenvalue weighted by Gasteiger charge is 2.32. The summed E-state index contributed by atoms with van der Waals surface area (Å²) in [7, 11) is -1.41. The molecule has 2 rings (SSSR count). The van der Waals surface area contributed by atoms with Crippen LogP contribution in [0.2, 0.25) is 0 Å². The van der Waals surface area contributed by atoms with Crippen molar-refractivity contribution in [3.8, 4) is 0 Å². The molecule has 0 radical (unpaired) electrons. The molecule has 4 nitrogen and oxygen atoms in total. The second-order valence-electron chi connectivity index (χ2n) is 5.08. The SMILES string of the molecule is CCc1cccc(S(=O)(=O)N2CCC(CNC)C2)c1.Cl. The first kappa shape index (κ1) is 17.4. The van der Waals surface area contributed by atoms with Crippen LogP contribution in [-0.2, 0) is 16.4 Å². The van der Waals surface area contributed by atoms with Gasteiger partial charge in [-0.25, -0.2) is 8.42 Å². The van der Waals surface area contributed by atoms with Crippen LogP contribution in [-0.4, -0.2) is 39.4 Å². The van der Waals surface area contributed by atoms with E-state index in [1.165, 1.54) is 0 Å². The van der Waals surface area contributed by atoms with Gasteiger partial charge in [0.05, 0.1) is 4.90 Å². The van der Waals surface area contributed by atoms with E-state index < -0.39 is 10.0 Å². The van der Waals surface area contributed by atoms with E-state index in [2.05, 4.69) is 5.32 Å². The first-order valence-electron chi connectivity index (χ1n) is 6.81. The molecule has 0 saturated carbocycles. The maximum absolute atomic E-state index is 12.6. The van der Waals surface area contributed by atoms with Crippen LogP contribution < -0.4 is 5.32 Å². The van der Waals surface area contributed by atoms with Gasteiger partial charge in [0.25, 0.3) is 0 Å². The third-order valence-electron chi connectivity index (χ3n) is 3.69. The third kappa shape index (κ3) is 3.73. The highest BCUT2D eigenvalue weighted by Crippen LogP contribution is 2.24. The number of rotatable bonds is 5. The zero-order chi connectivity index (χ0) is 13.9. The van der Waals surface area contributed by atoms with Gasteiger partial charge in [0.1, 0.15) is 0 Å². The van der Waals surface area contributed by atoms with Gasteiger partial charge in [0, 0.05) is 13.1 Å². The molecule has 1 unspecified atom stereocenters. The fraction of sp³-hybridized carbons (Fsp3) is 0.571. The van der Waals surface area contributed by atoms with Crippen molar-refractivity contribution in [1.82, 2.24) is 9.62 Å². The maximum atomic E-state index is 12.6. The van der Waals surface area contributed by atoms with Gasteiger partial charge in [-0.2, -0.15) is 4.31 Å². The zero-order valence-electron chi connectivity index (χ0n) is 12.0. The summed E-state index contributed by atoms with van der Waals surface area (Å²) in [6, 6.07) is 7.28. The lowest BCUT2D eigenvalue weighted by atomic mass is 10.1. The smallest absolute Gasteiger partial charge is 0.243 e. The number of benzene rings is 1. The Hall–Kier alpha value is -0.620. The molecule has 114 valence electrons. The maximum Gasteiger partial charge on any atom is 0.243 e. The van der Waals surface area contributed by atoms with Crippen molar-refractivity contribution in [2.24, 2.45) is 5.92 Å². The Morgan fingerprint density at radius 1 is 1.40 bits per heavy atom. The predicted octanol–water partition coefficient (Wildman–Crippen LogP) is 1.90. The summed E-state index contributed by atoms with van der Waals surface area (Å²) in [4.78, 5) is 0.428. The Morgan fingerprint density at radius 3 is 2.80 bits per heavy atom. The Kier molecular flexibility index (Phi) is 6.45. The van der Waals surface area contributed by atoms with Crippen LogP contribution in [0.15, 0.2) is 29.2 Å². The van der Waals surface area contributed by atoms with Crippen molar-refractivity contribution >= 4 is 22.4 Å². The topological polar surface area (TPSA) is 49.4 Å². The number of hydrogen-bond acceptors (Lipinski definition) is 3. The summed E-state index contributed by atoms with van der Waals surface area (Å²) in [5, 5.41) is 3.12. The molecule has 1 N–H and O–H groups in total. The first-order chi connectivity index (χ1) is 9.07. The lowest BCUT2D eigenvalue weighted by Crippen LogP contribution is -2.30. The second-order valence-corrected chi connectivity index (χ2v) is 7.01. The standard InChI is InChI=1S/C14H22N2O2S.ClH/c1-3-12-5-4-6-14(9-12)19(17,18)16-8-7-13(11-16)10-15-2;/h4-6,9,13,15H,3,7-8,10-11H2,1-2H3;1H. The molecule has 20 heavy (non-hydrogen) atoms. The predicted molar refractivity (Wildman–Crippen MR) is 83.9 cm³/mol. The molecule has 1 fully saturated rings. The quantitative estimate of drug-likeness (QED) is 0.902. The molecule has 1 saturated heterocycles. The van der Waals surface area contributed by atoms with Crippen LogP contribution in [0, 0.1) is 5.92 Å². The van der Waals surface area contributed by atoms with Crippen molar-refractivity contribution < 1.29 is 8.42 Å². The summed E-state index contributed by atoms with van der Waals surface area (Å²) in [6.07, 6.45) is 1.79. The number of sulfonamides is 1. The molecule has 1 aromatic carbocycles. The number of aryl methyl sites for hydroxylation is 1. The Labute approximate surface area is 128 Å². The molecular weight excluding hydrogens is 296 g/mol. The van der Waals surface area contributed by atoms with Gasteiger partial charge >= 0.3 is 0 Å². The minimum atomic E-state index is -3.32. The molecule has 0 bridgehead atoms. The number of hydrogen-bond donors (Lipinski definition) is 1. The Morgan fingerprint density at radius 2 is 2.15 bits per heavy atom. The van der Waals surface area contributed by atoms with Gasteiger partial charge in [0.15, 0.2) is 0 Å². The van der Waals surface area contributed by atoms with Crippen molar-refractivity contribution in [2.45, 2.75) is 24.7 Å². The minimum absolute atomic E-state index is 0. The van der Waals surface area contributed by atoms with Crippen molar-refractivity contribution in [3.63, 3.8) is 0 Å². The molecule has 0 aromatic heterocycles. The second kappa shape index (κ2) is 7.41. The van der Waals surface area contributed by atoms with E-state index >= 15 is 0 Å². The van der Waals surface area contributed by atoms with Gasteiger partial charge in [-0.05, 0) is 50.0 Å².